The van der Waals surface area contributed by atoms with Crippen LogP contribution in [0.3, 0.4) is 0 Å². The molecule has 1 unspecified atom stereocenters. The third-order valence-electron chi connectivity index (χ3n) is 6.57. The molecule has 9 nitrogen and oxygen atoms in total. The van der Waals surface area contributed by atoms with Gasteiger partial charge in [-0.15, -0.1) is 0 Å². The summed E-state index contributed by atoms with van der Waals surface area (Å²) < 4.78 is 29.5. The average Bonchev–Trinajstić information content (AvgIpc) is 3.14. The van der Waals surface area contributed by atoms with Gasteiger partial charge < -0.3 is 20.1 Å². The second-order valence-corrected chi connectivity index (χ2v) is 11.1. The van der Waals surface area contributed by atoms with Gasteiger partial charge in [0.1, 0.15) is 12.6 Å². The summed E-state index contributed by atoms with van der Waals surface area (Å²) in [6.45, 7) is 1.69. The number of ether oxygens (including phenoxy) is 1. The van der Waals surface area contributed by atoms with E-state index in [1.807, 2.05) is 48.5 Å². The van der Waals surface area contributed by atoms with Crippen molar-refractivity contribution in [2.45, 2.75) is 37.8 Å². The van der Waals surface area contributed by atoms with Crippen molar-refractivity contribution in [2.24, 2.45) is 0 Å². The Balaban J connectivity index is 1.42. The van der Waals surface area contributed by atoms with E-state index in [9.17, 15) is 22.8 Å². The smallest absolute Gasteiger partial charge is 0.407 e. The molecule has 1 heterocycles. The third-order valence-corrected chi connectivity index (χ3v) is 8.26. The van der Waals surface area contributed by atoms with Crippen LogP contribution >= 0.6 is 0 Å². The van der Waals surface area contributed by atoms with Crippen molar-refractivity contribution < 1.29 is 32.6 Å². The number of hydrogen-bond acceptors (Lipinski definition) is 6. The molecule has 2 N–H and O–H groups in total. The number of benzene rings is 2. The molecule has 0 saturated carbocycles. The topological polar surface area (TPSA) is 130 Å². The number of carbonyl (C=O) groups excluding carboxylic acids is 2. The van der Waals surface area contributed by atoms with Gasteiger partial charge in [-0.1, -0.05) is 55.5 Å². The van der Waals surface area contributed by atoms with E-state index in [1.54, 1.807) is 6.92 Å². The summed E-state index contributed by atoms with van der Waals surface area (Å²) in [5, 5.41) is 11.7. The fourth-order valence-corrected chi connectivity index (χ4v) is 6.39. The van der Waals surface area contributed by atoms with Crippen molar-refractivity contribution >= 4 is 27.8 Å². The number of hydrogen-bond donors (Lipinski definition) is 2. The summed E-state index contributed by atoms with van der Waals surface area (Å²) in [6.07, 6.45) is -0.996. The van der Waals surface area contributed by atoms with Crippen LogP contribution in [0.25, 0.3) is 11.1 Å². The molecule has 2 amide bonds. The van der Waals surface area contributed by atoms with Gasteiger partial charge in [-0.2, -0.15) is 0 Å². The fourth-order valence-electron chi connectivity index (χ4n) is 4.87. The maximum Gasteiger partial charge on any atom is 0.407 e. The number of nitrogens with zero attached hydrogens (tertiary/aromatic N) is 1. The van der Waals surface area contributed by atoms with Crippen LogP contribution in [0, 0.1) is 0 Å². The Morgan fingerprint density at radius 3 is 2.26 bits per heavy atom. The normalized spacial score (nSPS) is 19.3. The molecule has 0 radical (unpaired) electrons. The van der Waals surface area contributed by atoms with Crippen LogP contribution in [0.2, 0.25) is 0 Å². The molecular weight excluding hydrogens is 472 g/mol. The van der Waals surface area contributed by atoms with Crippen molar-refractivity contribution in [1.29, 1.82) is 0 Å². The van der Waals surface area contributed by atoms with Crippen LogP contribution < -0.4 is 5.32 Å². The van der Waals surface area contributed by atoms with Crippen LogP contribution in [-0.4, -0.2) is 73.1 Å². The molecule has 0 bridgehead atoms. The van der Waals surface area contributed by atoms with Crippen molar-refractivity contribution in [1.82, 2.24) is 10.2 Å². The van der Waals surface area contributed by atoms with Gasteiger partial charge in [-0.25, -0.2) is 13.2 Å². The van der Waals surface area contributed by atoms with Gasteiger partial charge >= 0.3 is 12.1 Å². The number of nitrogens with one attached hydrogen (secondary N) is 1. The number of carboxylic acid groups (broad SMARTS) is 1. The number of aliphatic carboxylic acids is 1. The highest BCUT2D eigenvalue weighted by Crippen LogP contribution is 2.44. The summed E-state index contributed by atoms with van der Waals surface area (Å²) >= 11 is 0. The van der Waals surface area contributed by atoms with E-state index in [0.717, 1.165) is 22.3 Å². The number of amides is 2. The summed E-state index contributed by atoms with van der Waals surface area (Å²) in [4.78, 5) is 38.3. The number of alkyl carbamates (subject to hydrolysis) is 1. The highest BCUT2D eigenvalue weighted by Gasteiger charge is 2.38. The summed E-state index contributed by atoms with van der Waals surface area (Å²) in [5.74, 6) is -2.48. The van der Waals surface area contributed by atoms with Crippen molar-refractivity contribution in [2.75, 3.05) is 24.7 Å². The lowest BCUT2D eigenvalue weighted by molar-refractivity contribution is -0.141. The van der Waals surface area contributed by atoms with Crippen molar-refractivity contribution in [3.05, 3.63) is 59.7 Å². The van der Waals surface area contributed by atoms with Crippen molar-refractivity contribution in [3.63, 3.8) is 0 Å². The molecule has 186 valence electrons. The first-order valence-electron chi connectivity index (χ1n) is 11.5. The molecule has 0 aromatic heterocycles. The lowest BCUT2D eigenvalue weighted by Crippen LogP contribution is -2.57. The molecular formula is C25H28N2O7S. The van der Waals surface area contributed by atoms with E-state index in [4.69, 9.17) is 9.84 Å². The zero-order valence-corrected chi connectivity index (χ0v) is 20.2. The standard InChI is InChI=1S/C25H28N2O7S/c1-2-22(24(30)27-11-12-35(32,33)15-16(27)13-23(28)29)26-25(31)34-14-21-19-9-5-3-7-17(19)18-8-4-6-10-20(18)21/h3-10,16,21-22H,2,11-15H2,1H3,(H,26,31)(H,28,29)/t16?,22-/m0/s1. The second-order valence-electron chi connectivity index (χ2n) is 8.83. The van der Waals surface area contributed by atoms with E-state index < -0.39 is 52.1 Å². The maximum atomic E-state index is 13.1. The molecule has 10 heteroatoms. The molecule has 1 aliphatic heterocycles. The largest absolute Gasteiger partial charge is 0.481 e. The number of carboxylic acids is 1. The first-order valence-corrected chi connectivity index (χ1v) is 13.4. The van der Waals surface area contributed by atoms with E-state index in [-0.39, 0.29) is 31.2 Å². The van der Waals surface area contributed by atoms with Crippen LogP contribution in [0.1, 0.15) is 36.8 Å². The summed E-state index contributed by atoms with van der Waals surface area (Å²) in [6, 6.07) is 14.0. The Morgan fingerprint density at radius 1 is 1.09 bits per heavy atom. The molecule has 2 aromatic rings. The first-order chi connectivity index (χ1) is 16.7. The minimum atomic E-state index is -3.44. The van der Waals surface area contributed by atoms with Gasteiger partial charge in [-0.3, -0.25) is 9.59 Å². The van der Waals surface area contributed by atoms with Crippen LogP contribution in [0.15, 0.2) is 48.5 Å². The molecule has 4 rings (SSSR count). The molecule has 2 aliphatic rings. The molecule has 0 spiro atoms. The Bertz CT molecular complexity index is 1200. The Morgan fingerprint density at radius 2 is 1.69 bits per heavy atom. The molecule has 1 aliphatic carbocycles. The zero-order chi connectivity index (χ0) is 25.2. The Hall–Kier alpha value is -3.40. The summed E-state index contributed by atoms with van der Waals surface area (Å²) in [5.41, 5.74) is 4.33. The molecule has 1 saturated heterocycles. The predicted octanol–water partition coefficient (Wildman–Crippen LogP) is 2.40. The van der Waals surface area contributed by atoms with E-state index in [0.29, 0.717) is 0 Å². The molecule has 2 atom stereocenters. The zero-order valence-electron chi connectivity index (χ0n) is 19.3. The van der Waals surface area contributed by atoms with Crippen LogP contribution in [0.4, 0.5) is 4.79 Å². The molecule has 2 aromatic carbocycles. The van der Waals surface area contributed by atoms with E-state index in [1.165, 1.54) is 4.90 Å². The third kappa shape index (κ3) is 5.32. The minimum absolute atomic E-state index is 0.0914. The van der Waals surface area contributed by atoms with Gasteiger partial charge in [-0.05, 0) is 28.7 Å². The summed E-state index contributed by atoms with van der Waals surface area (Å²) in [7, 11) is -3.44. The highest BCUT2D eigenvalue weighted by molar-refractivity contribution is 7.91. The number of sulfone groups is 1. The Labute approximate surface area is 204 Å². The lowest BCUT2D eigenvalue weighted by Gasteiger charge is -2.36. The SMILES string of the molecule is CC[C@H](NC(=O)OCC1c2ccccc2-c2ccccc21)C(=O)N1CCS(=O)(=O)CC1CC(=O)O. The number of carbonyl (C=O) groups is 3. The lowest BCUT2D eigenvalue weighted by atomic mass is 9.98. The fraction of sp³-hybridized carbons (Fsp3) is 0.400. The van der Waals surface area contributed by atoms with Crippen molar-refractivity contribution in [3.8, 4) is 11.1 Å². The predicted molar refractivity (Wildman–Crippen MR) is 129 cm³/mol. The van der Waals surface area contributed by atoms with Crippen LogP contribution in [-0.2, 0) is 24.2 Å². The minimum Gasteiger partial charge on any atom is -0.481 e. The van der Waals surface area contributed by atoms with Gasteiger partial charge in [0.15, 0.2) is 9.84 Å². The Kier molecular flexibility index (Phi) is 7.11. The number of fused-ring (bicyclic) bond motifs is 3. The second kappa shape index (κ2) is 10.1. The molecule has 35 heavy (non-hydrogen) atoms. The first kappa shape index (κ1) is 24.7. The van der Waals surface area contributed by atoms with E-state index in [2.05, 4.69) is 5.32 Å². The average molecular weight is 501 g/mol. The number of rotatable bonds is 7. The maximum absolute atomic E-state index is 13.1. The quantitative estimate of drug-likeness (QED) is 0.597. The van der Waals surface area contributed by atoms with Crippen LogP contribution in [0.5, 0.6) is 0 Å². The van der Waals surface area contributed by atoms with Gasteiger partial charge in [0, 0.05) is 12.5 Å². The molecule has 1 fully saturated rings. The van der Waals surface area contributed by atoms with E-state index >= 15 is 0 Å². The van der Waals surface area contributed by atoms with Gasteiger partial charge in [0.2, 0.25) is 5.91 Å². The van der Waals surface area contributed by atoms with Gasteiger partial charge in [0.25, 0.3) is 0 Å². The van der Waals surface area contributed by atoms with Gasteiger partial charge in [0.05, 0.1) is 24.0 Å². The monoisotopic (exact) mass is 500 g/mol. The highest BCUT2D eigenvalue weighted by atomic mass is 32.2.